The molecule has 9 aromatic rings. The van der Waals surface area contributed by atoms with Gasteiger partial charge in [0.15, 0.2) is 18.3 Å². The van der Waals surface area contributed by atoms with E-state index in [-0.39, 0.29) is 35.2 Å². The van der Waals surface area contributed by atoms with Crippen molar-refractivity contribution in [2.24, 2.45) is 17.3 Å². The molecule has 6 aliphatic rings. The SMILES string of the molecule is CC(NC(=O)C1CN(Cc2ccc(-n3cccn3)cc2)c2ccccc2O1)C(C)(C)O.CC1(C)CCCC1NC(=O)C1CN(Cc2ccc(-n3cccn3)cc2)c2ccccc2O1.O=C(NC1C2CCC(C2)C1O)C1CN(Cc2ccc(-n3cccn3)cc2)c2ccccc2O1. The zero-order valence-electron chi connectivity index (χ0n) is 55.1. The van der Waals surface area contributed by atoms with Gasteiger partial charge in [0.25, 0.3) is 17.7 Å². The Balaban J connectivity index is 0.000000130. The average molecular weight is 1300 g/mol. The van der Waals surface area contributed by atoms with Crippen LogP contribution >= 0.6 is 0 Å². The largest absolute Gasteiger partial charge is 0.477 e. The van der Waals surface area contributed by atoms with E-state index in [0.717, 1.165) is 89.5 Å². The fourth-order valence-electron chi connectivity index (χ4n) is 14.0. The van der Waals surface area contributed by atoms with Crippen LogP contribution in [0.25, 0.3) is 17.1 Å². The molecule has 9 unspecified atom stereocenters. The van der Waals surface area contributed by atoms with Crippen molar-refractivity contribution in [1.29, 1.82) is 0 Å². The Morgan fingerprint density at radius 2 is 0.917 bits per heavy atom. The Morgan fingerprint density at radius 3 is 1.27 bits per heavy atom. The molecule has 3 aliphatic heterocycles. The summed E-state index contributed by atoms with van der Waals surface area (Å²) in [6.07, 6.45) is 15.3. The molecule has 0 spiro atoms. The van der Waals surface area contributed by atoms with Crippen molar-refractivity contribution in [2.75, 3.05) is 34.3 Å². The van der Waals surface area contributed by atoms with E-state index in [9.17, 15) is 24.6 Å². The van der Waals surface area contributed by atoms with Crippen LogP contribution in [0.2, 0.25) is 0 Å². The molecule has 3 aromatic heterocycles. The second-order valence-electron chi connectivity index (χ2n) is 27.4. The molecule has 3 aliphatic carbocycles. The van der Waals surface area contributed by atoms with E-state index in [1.54, 1.807) is 39.4 Å². The van der Waals surface area contributed by atoms with Gasteiger partial charge in [0.05, 0.1) is 77.5 Å². The smallest absolute Gasteiger partial charge is 0.263 e. The third-order valence-corrected chi connectivity index (χ3v) is 19.9. The monoisotopic (exact) mass is 1290 g/mol. The lowest BCUT2D eigenvalue weighted by Gasteiger charge is -2.37. The van der Waals surface area contributed by atoms with Gasteiger partial charge in [-0.2, -0.15) is 15.3 Å². The number of anilines is 3. The third-order valence-electron chi connectivity index (χ3n) is 19.9. The highest BCUT2D eigenvalue weighted by Crippen LogP contribution is 2.45. The van der Waals surface area contributed by atoms with Crippen molar-refractivity contribution >= 4 is 34.8 Å². The maximum atomic E-state index is 13.2. The second-order valence-corrected chi connectivity index (χ2v) is 27.4. The van der Waals surface area contributed by atoms with Crippen LogP contribution in [0.15, 0.2) is 201 Å². The molecule has 5 N–H and O–H groups in total. The van der Waals surface area contributed by atoms with Crippen LogP contribution < -0.4 is 44.9 Å². The number of benzene rings is 6. The molecule has 3 saturated carbocycles. The topological polar surface area (TPSA) is 219 Å². The van der Waals surface area contributed by atoms with Crippen LogP contribution in [-0.4, -0.2) is 125 Å². The van der Waals surface area contributed by atoms with Crippen molar-refractivity contribution < 1.29 is 38.8 Å². The molecule has 6 aromatic carbocycles. The highest BCUT2D eigenvalue weighted by Gasteiger charge is 2.48. The molecule has 3 amide bonds. The molecule has 0 saturated heterocycles. The van der Waals surface area contributed by atoms with Gasteiger partial charge in [-0.1, -0.05) is 93.1 Å². The van der Waals surface area contributed by atoms with E-state index < -0.39 is 36.1 Å². The van der Waals surface area contributed by atoms with Gasteiger partial charge in [-0.3, -0.25) is 14.4 Å². The van der Waals surface area contributed by atoms with Crippen molar-refractivity contribution in [1.82, 2.24) is 45.3 Å². The fraction of sp³-hybridized carbons (Fsp3) is 0.368. The van der Waals surface area contributed by atoms with Gasteiger partial charge in [0.1, 0.15) is 17.2 Å². The summed E-state index contributed by atoms with van der Waals surface area (Å²) in [5.74, 6) is 2.48. The number of carbonyl (C=O) groups excluding carboxylic acids is 3. The van der Waals surface area contributed by atoms with Gasteiger partial charge in [-0.15, -0.1) is 0 Å². The Kier molecular flexibility index (Phi) is 19.0. The minimum absolute atomic E-state index is 0.0153. The van der Waals surface area contributed by atoms with Gasteiger partial charge in [-0.05, 0) is 178 Å². The lowest BCUT2D eigenvalue weighted by molar-refractivity contribution is -0.130. The second kappa shape index (κ2) is 28.2. The summed E-state index contributed by atoms with van der Waals surface area (Å²) >= 11 is 0. The molecule has 3 fully saturated rings. The quantitative estimate of drug-likeness (QED) is 0.0608. The van der Waals surface area contributed by atoms with E-state index >= 15 is 0 Å². The normalized spacial score (nSPS) is 22.2. The maximum Gasteiger partial charge on any atom is 0.263 e. The number of nitrogens with one attached hydrogen (secondary N) is 3. The van der Waals surface area contributed by atoms with Crippen LogP contribution in [0.1, 0.15) is 89.8 Å². The molecule has 6 heterocycles. The van der Waals surface area contributed by atoms with E-state index in [2.05, 4.69) is 127 Å². The number of aromatic nitrogens is 6. The van der Waals surface area contributed by atoms with Crippen molar-refractivity contribution in [3.63, 3.8) is 0 Å². The standard InChI is InChI=1S/C26H28N4O3.C26H30N4O2.C24H28N4O3/c31-25-19-9-8-18(14-19)24(25)28-26(32)23-16-29(21-4-1-2-5-22(21)33-23)15-17-6-10-20(11-7-17)30-13-3-12-27-30;1-26(2)14-5-9-24(26)28-25(31)23-18-29(21-7-3-4-8-22(21)32-23)17-19-10-12-20(13-11-19)30-16-6-15-27-30;1-17(24(2,3)30)26-23(29)22-16-27(20-7-4-5-8-21(20)31-22)15-18-9-11-19(12-10-18)28-14-6-13-25-28/h1-7,10-13,18-19,23-25,31H,8-9,14-16H2,(H,28,32);3-4,6-8,10-13,15-16,23-24H,5,9,14,17-18H2,1-2H3,(H,28,31);4-14,17,22,30H,15-16H2,1-3H3,(H,26,29). The van der Waals surface area contributed by atoms with E-state index in [0.29, 0.717) is 62.6 Å². The summed E-state index contributed by atoms with van der Waals surface area (Å²) in [7, 11) is 0. The number of carbonyl (C=O) groups is 3. The molecular formula is C76H86N12O8. The molecule has 20 nitrogen and oxygen atoms in total. The van der Waals surface area contributed by atoms with Gasteiger partial charge in [0.2, 0.25) is 0 Å². The summed E-state index contributed by atoms with van der Waals surface area (Å²) in [5.41, 5.74) is 8.55. The number of nitrogens with zero attached hydrogens (tertiary/aromatic N) is 9. The maximum absolute atomic E-state index is 13.2. The van der Waals surface area contributed by atoms with Crippen LogP contribution in [-0.2, 0) is 34.0 Å². The average Bonchev–Trinajstić information content (AvgIpc) is 1.92. The molecular weight excluding hydrogens is 1210 g/mol. The predicted octanol–water partition coefficient (Wildman–Crippen LogP) is 10.2. The first kappa shape index (κ1) is 64.8. The number of para-hydroxylation sites is 6. The van der Waals surface area contributed by atoms with Crippen molar-refractivity contribution in [3.05, 3.63) is 218 Å². The lowest BCUT2D eigenvalue weighted by Crippen LogP contribution is -2.54. The predicted molar refractivity (Wildman–Crippen MR) is 369 cm³/mol. The summed E-state index contributed by atoms with van der Waals surface area (Å²) < 4.78 is 23.7. The minimum atomic E-state index is -1.02. The Morgan fingerprint density at radius 1 is 0.531 bits per heavy atom. The molecule has 15 rings (SSSR count). The molecule has 498 valence electrons. The highest BCUT2D eigenvalue weighted by atomic mass is 16.5. The molecule has 2 bridgehead atoms. The summed E-state index contributed by atoms with van der Waals surface area (Å²) in [6, 6.07) is 53.8. The van der Waals surface area contributed by atoms with Gasteiger partial charge < -0.3 is 55.1 Å². The zero-order valence-corrected chi connectivity index (χ0v) is 55.1. The molecule has 9 atom stereocenters. The Bertz CT molecular complexity index is 4060. The minimum Gasteiger partial charge on any atom is -0.477 e. The number of aliphatic hydroxyl groups excluding tert-OH is 1. The van der Waals surface area contributed by atoms with Crippen LogP contribution in [0, 0.1) is 17.3 Å². The van der Waals surface area contributed by atoms with Crippen LogP contribution in [0.3, 0.4) is 0 Å². The van der Waals surface area contributed by atoms with Crippen LogP contribution in [0.4, 0.5) is 17.1 Å². The number of fused-ring (bicyclic) bond motifs is 5. The molecule has 96 heavy (non-hydrogen) atoms. The summed E-state index contributed by atoms with van der Waals surface area (Å²) in [4.78, 5) is 45.8. The number of amides is 3. The van der Waals surface area contributed by atoms with Crippen molar-refractivity contribution in [3.8, 4) is 34.3 Å². The van der Waals surface area contributed by atoms with E-state index in [1.165, 1.54) is 5.56 Å². The number of hydrogen-bond donors (Lipinski definition) is 5. The summed E-state index contributed by atoms with van der Waals surface area (Å²) in [6.45, 7) is 13.0. The highest BCUT2D eigenvalue weighted by molar-refractivity contribution is 5.85. The van der Waals surface area contributed by atoms with E-state index in [1.807, 2.05) is 130 Å². The Hall–Kier alpha value is -9.92. The zero-order chi connectivity index (χ0) is 66.5. The molecule has 0 radical (unpaired) electrons. The third kappa shape index (κ3) is 14.8. The van der Waals surface area contributed by atoms with Crippen molar-refractivity contribution in [2.45, 2.75) is 141 Å². The Labute approximate surface area is 560 Å². The van der Waals surface area contributed by atoms with Gasteiger partial charge >= 0.3 is 0 Å². The number of rotatable bonds is 16. The first-order valence-electron chi connectivity index (χ1n) is 33.6. The fourth-order valence-corrected chi connectivity index (χ4v) is 14.0. The number of aliphatic hydroxyl groups is 2. The summed E-state index contributed by atoms with van der Waals surface area (Å²) in [5, 5.41) is 42.8. The first-order valence-corrected chi connectivity index (χ1v) is 33.6. The van der Waals surface area contributed by atoms with Gasteiger partial charge in [-0.25, -0.2) is 14.0 Å². The van der Waals surface area contributed by atoms with Crippen LogP contribution in [0.5, 0.6) is 17.2 Å². The van der Waals surface area contributed by atoms with Gasteiger partial charge in [0, 0.05) is 62.9 Å². The first-order chi connectivity index (χ1) is 46.5. The number of hydrogen-bond acceptors (Lipinski definition) is 14. The molecule has 20 heteroatoms. The lowest BCUT2D eigenvalue weighted by atomic mass is 9.87. The number of ether oxygens (including phenoxy) is 3. The van der Waals surface area contributed by atoms with E-state index in [4.69, 9.17) is 14.2 Å².